The summed E-state index contributed by atoms with van der Waals surface area (Å²) in [6.07, 6.45) is 1.52. The van der Waals surface area contributed by atoms with Crippen molar-refractivity contribution in [3.8, 4) is 5.75 Å². The Kier molecular flexibility index (Phi) is 5.38. The molecule has 3 rings (SSSR count). The fourth-order valence-corrected chi connectivity index (χ4v) is 3.65. The number of hydrogen-bond acceptors (Lipinski definition) is 4. The summed E-state index contributed by atoms with van der Waals surface area (Å²) in [6, 6.07) is 11.4. The van der Waals surface area contributed by atoms with Crippen molar-refractivity contribution < 1.29 is 14.3 Å². The number of benzene rings is 1. The third-order valence-electron chi connectivity index (χ3n) is 4.51. The van der Waals surface area contributed by atoms with Gasteiger partial charge < -0.3 is 14.5 Å². The lowest BCUT2D eigenvalue weighted by Gasteiger charge is -2.24. The zero-order valence-corrected chi connectivity index (χ0v) is 15.3. The van der Waals surface area contributed by atoms with Crippen LogP contribution in [0.1, 0.15) is 30.7 Å². The number of hydrogen-bond donors (Lipinski definition) is 0. The van der Waals surface area contributed by atoms with Gasteiger partial charge in [-0.05, 0) is 49.1 Å². The fraction of sp³-hybridized carbons (Fsp3) is 0.368. The Bertz CT molecular complexity index is 728. The van der Waals surface area contributed by atoms with Gasteiger partial charge in [0.05, 0.1) is 6.04 Å². The average molecular weight is 358 g/mol. The summed E-state index contributed by atoms with van der Waals surface area (Å²) in [4.78, 5) is 28.7. The van der Waals surface area contributed by atoms with Gasteiger partial charge in [0.2, 0.25) is 5.91 Å². The molecule has 0 bridgehead atoms. The molecule has 132 valence electrons. The van der Waals surface area contributed by atoms with Gasteiger partial charge in [-0.1, -0.05) is 6.07 Å². The summed E-state index contributed by atoms with van der Waals surface area (Å²) in [6.45, 7) is 2.77. The molecule has 1 saturated heterocycles. The minimum atomic E-state index is -0.0697. The van der Waals surface area contributed by atoms with Crippen molar-refractivity contribution in [1.82, 2.24) is 4.90 Å². The number of anilines is 1. The van der Waals surface area contributed by atoms with Crippen molar-refractivity contribution in [2.45, 2.75) is 25.8 Å². The van der Waals surface area contributed by atoms with Crippen molar-refractivity contribution >= 4 is 28.8 Å². The molecule has 2 amide bonds. The minimum absolute atomic E-state index is 0.00575. The molecule has 1 aromatic carbocycles. The van der Waals surface area contributed by atoms with E-state index >= 15 is 0 Å². The molecule has 25 heavy (non-hydrogen) atoms. The van der Waals surface area contributed by atoms with Crippen LogP contribution in [0.3, 0.4) is 0 Å². The van der Waals surface area contributed by atoms with Gasteiger partial charge in [0, 0.05) is 30.6 Å². The lowest BCUT2D eigenvalue weighted by atomic mass is 10.2. The zero-order valence-electron chi connectivity index (χ0n) is 14.5. The SMILES string of the molecule is C[C@@H](c1cccs1)N(C)C(=O)COc1ccc(N2CCCC2=O)cc1. The Morgan fingerprint density at radius 3 is 2.68 bits per heavy atom. The van der Waals surface area contributed by atoms with E-state index in [2.05, 4.69) is 0 Å². The quantitative estimate of drug-likeness (QED) is 0.794. The van der Waals surface area contributed by atoms with Crippen molar-refractivity contribution in [2.75, 3.05) is 25.1 Å². The summed E-state index contributed by atoms with van der Waals surface area (Å²) >= 11 is 1.64. The van der Waals surface area contributed by atoms with Crippen LogP contribution < -0.4 is 9.64 Å². The fourth-order valence-electron chi connectivity index (χ4n) is 2.83. The second-order valence-electron chi connectivity index (χ2n) is 6.13. The van der Waals surface area contributed by atoms with E-state index in [1.165, 1.54) is 0 Å². The van der Waals surface area contributed by atoms with Crippen LogP contribution in [0.25, 0.3) is 0 Å². The first-order valence-corrected chi connectivity index (χ1v) is 9.26. The molecule has 1 aromatic heterocycles. The van der Waals surface area contributed by atoms with Crippen molar-refractivity contribution in [3.63, 3.8) is 0 Å². The topological polar surface area (TPSA) is 49.9 Å². The molecule has 0 spiro atoms. The number of carbonyl (C=O) groups excluding carboxylic acids is 2. The maximum Gasteiger partial charge on any atom is 0.260 e. The number of rotatable bonds is 6. The van der Waals surface area contributed by atoms with Crippen molar-refractivity contribution in [2.24, 2.45) is 0 Å². The molecule has 0 N–H and O–H groups in total. The van der Waals surface area contributed by atoms with Crippen LogP contribution in [-0.4, -0.2) is 36.9 Å². The summed E-state index contributed by atoms with van der Waals surface area (Å²) in [5.41, 5.74) is 0.879. The predicted molar refractivity (Wildman–Crippen MR) is 99.0 cm³/mol. The maximum absolute atomic E-state index is 12.3. The van der Waals surface area contributed by atoms with E-state index in [4.69, 9.17) is 4.74 Å². The number of thiophene rings is 1. The van der Waals surface area contributed by atoms with Crippen LogP contribution in [0.15, 0.2) is 41.8 Å². The first-order valence-electron chi connectivity index (χ1n) is 8.38. The molecule has 2 heterocycles. The number of amides is 2. The molecule has 2 aromatic rings. The first-order chi connectivity index (χ1) is 12.1. The van der Waals surface area contributed by atoms with Gasteiger partial charge in [0.1, 0.15) is 5.75 Å². The summed E-state index contributed by atoms with van der Waals surface area (Å²) in [7, 11) is 1.79. The largest absolute Gasteiger partial charge is 0.484 e. The Morgan fingerprint density at radius 1 is 1.32 bits per heavy atom. The number of likely N-dealkylation sites (N-methyl/N-ethyl adjacent to an activating group) is 1. The molecule has 5 nitrogen and oxygen atoms in total. The van der Waals surface area contributed by atoms with E-state index in [0.29, 0.717) is 12.2 Å². The number of carbonyl (C=O) groups is 2. The van der Waals surface area contributed by atoms with Crippen LogP contribution in [-0.2, 0) is 9.59 Å². The van der Waals surface area contributed by atoms with E-state index in [9.17, 15) is 9.59 Å². The van der Waals surface area contributed by atoms with Crippen molar-refractivity contribution in [1.29, 1.82) is 0 Å². The van der Waals surface area contributed by atoms with Gasteiger partial charge in [-0.2, -0.15) is 0 Å². The zero-order chi connectivity index (χ0) is 17.8. The maximum atomic E-state index is 12.3. The molecule has 6 heteroatoms. The predicted octanol–water partition coefficient (Wildman–Crippen LogP) is 3.47. The molecular weight excluding hydrogens is 336 g/mol. The summed E-state index contributed by atoms with van der Waals surface area (Å²) in [5, 5.41) is 2.01. The Labute approximate surface area is 151 Å². The molecule has 0 saturated carbocycles. The second-order valence-corrected chi connectivity index (χ2v) is 7.11. The lowest BCUT2D eigenvalue weighted by molar-refractivity contribution is -0.133. The first kappa shape index (κ1) is 17.5. The highest BCUT2D eigenvalue weighted by atomic mass is 32.1. The molecule has 0 aliphatic carbocycles. The Balaban J connectivity index is 1.54. The van der Waals surface area contributed by atoms with Gasteiger partial charge in [-0.25, -0.2) is 0 Å². The Hall–Kier alpha value is -2.34. The normalized spacial score (nSPS) is 15.3. The van der Waals surface area contributed by atoms with Gasteiger partial charge >= 0.3 is 0 Å². The minimum Gasteiger partial charge on any atom is -0.484 e. The third kappa shape index (κ3) is 4.02. The molecule has 0 radical (unpaired) electrons. The monoisotopic (exact) mass is 358 g/mol. The molecule has 1 atom stereocenters. The van der Waals surface area contributed by atoms with Gasteiger partial charge in [0.25, 0.3) is 5.91 Å². The third-order valence-corrected chi connectivity index (χ3v) is 5.56. The van der Waals surface area contributed by atoms with Gasteiger partial charge in [-0.15, -0.1) is 11.3 Å². The second kappa shape index (κ2) is 7.70. The van der Waals surface area contributed by atoms with E-state index in [1.807, 2.05) is 36.6 Å². The van der Waals surface area contributed by atoms with Crippen LogP contribution in [0.4, 0.5) is 5.69 Å². The molecular formula is C19H22N2O3S. The highest BCUT2D eigenvalue weighted by Crippen LogP contribution is 2.25. The van der Waals surface area contributed by atoms with E-state index < -0.39 is 0 Å². The van der Waals surface area contributed by atoms with Crippen LogP contribution in [0.5, 0.6) is 5.75 Å². The van der Waals surface area contributed by atoms with Gasteiger partial charge in [0.15, 0.2) is 6.61 Å². The number of ether oxygens (including phenoxy) is 1. The average Bonchev–Trinajstić information content (AvgIpc) is 3.30. The molecule has 0 unspecified atom stereocenters. The van der Waals surface area contributed by atoms with E-state index in [-0.39, 0.29) is 24.5 Å². The lowest BCUT2D eigenvalue weighted by Crippen LogP contribution is -2.33. The number of nitrogens with zero attached hydrogens (tertiary/aromatic N) is 2. The molecule has 1 aliphatic heterocycles. The standard InChI is InChI=1S/C19H22N2O3S/c1-14(17-5-4-12-25-17)20(2)19(23)13-24-16-9-7-15(8-10-16)21-11-3-6-18(21)22/h4-5,7-10,12,14H,3,6,11,13H2,1-2H3/t14-/m0/s1. The smallest absolute Gasteiger partial charge is 0.260 e. The molecule has 1 fully saturated rings. The van der Waals surface area contributed by atoms with Crippen molar-refractivity contribution in [3.05, 3.63) is 46.7 Å². The highest BCUT2D eigenvalue weighted by molar-refractivity contribution is 7.10. The van der Waals surface area contributed by atoms with Crippen LogP contribution in [0.2, 0.25) is 0 Å². The van der Waals surface area contributed by atoms with Gasteiger partial charge in [-0.3, -0.25) is 9.59 Å². The van der Waals surface area contributed by atoms with E-state index in [0.717, 1.165) is 23.5 Å². The van der Waals surface area contributed by atoms with Crippen LogP contribution >= 0.6 is 11.3 Å². The Morgan fingerprint density at radius 2 is 2.08 bits per heavy atom. The van der Waals surface area contributed by atoms with E-state index in [1.54, 1.807) is 40.3 Å². The summed E-state index contributed by atoms with van der Waals surface area (Å²) in [5.74, 6) is 0.716. The summed E-state index contributed by atoms with van der Waals surface area (Å²) < 4.78 is 5.61. The van der Waals surface area contributed by atoms with Crippen LogP contribution in [0, 0.1) is 0 Å². The molecule has 1 aliphatic rings. The highest BCUT2D eigenvalue weighted by Gasteiger charge is 2.22.